The zero-order chi connectivity index (χ0) is 16.9. The summed E-state index contributed by atoms with van der Waals surface area (Å²) in [4.78, 5) is 21.2. The van der Waals surface area contributed by atoms with Crippen LogP contribution < -0.4 is 9.80 Å². The van der Waals surface area contributed by atoms with Crippen LogP contribution in [0.15, 0.2) is 42.6 Å². The number of carbonyl (C=O) groups is 1. The van der Waals surface area contributed by atoms with Gasteiger partial charge in [-0.25, -0.2) is 4.98 Å². The van der Waals surface area contributed by atoms with Crippen LogP contribution in [0.25, 0.3) is 0 Å². The lowest BCUT2D eigenvalue weighted by Gasteiger charge is -2.36. The second kappa shape index (κ2) is 7.47. The van der Waals surface area contributed by atoms with Crippen molar-refractivity contribution >= 4 is 17.4 Å². The first-order valence-corrected chi connectivity index (χ1v) is 8.75. The predicted molar refractivity (Wildman–Crippen MR) is 98.3 cm³/mol. The molecule has 126 valence electrons. The molecule has 0 saturated carbocycles. The molecule has 1 aromatic carbocycles. The third-order valence-corrected chi connectivity index (χ3v) is 4.49. The van der Waals surface area contributed by atoms with E-state index in [4.69, 9.17) is 0 Å². The monoisotopic (exact) mass is 323 g/mol. The third kappa shape index (κ3) is 3.58. The van der Waals surface area contributed by atoms with Crippen LogP contribution in [-0.4, -0.2) is 24.0 Å². The maximum Gasteiger partial charge on any atom is 0.227 e. The number of nitrogens with zero attached hydrogens (tertiary/aromatic N) is 3. The molecular formula is C20H25N3O. The normalized spacial score (nSPS) is 13.8. The standard InChI is InChI=1S/C20H25N3O/c1-3-4-7-19(24)23-14-13-22(20-18(23)6-5-12-21-20)15-17-10-8-16(2)9-11-17/h5-6,8-12H,3-4,7,13-15H2,1-2H3. The first-order valence-electron chi connectivity index (χ1n) is 8.75. The number of unbranched alkanes of at least 4 members (excludes halogenated alkanes) is 1. The maximum atomic E-state index is 12.5. The van der Waals surface area contributed by atoms with Gasteiger partial charge in [-0.1, -0.05) is 43.2 Å². The van der Waals surface area contributed by atoms with Crippen molar-refractivity contribution in [3.8, 4) is 0 Å². The second-order valence-corrected chi connectivity index (χ2v) is 6.40. The minimum Gasteiger partial charge on any atom is -0.349 e. The smallest absolute Gasteiger partial charge is 0.227 e. The molecule has 0 aliphatic carbocycles. The molecule has 1 aliphatic rings. The van der Waals surface area contributed by atoms with Crippen LogP contribution >= 0.6 is 0 Å². The molecule has 4 nitrogen and oxygen atoms in total. The van der Waals surface area contributed by atoms with E-state index in [0.717, 1.165) is 44.0 Å². The zero-order valence-electron chi connectivity index (χ0n) is 14.5. The summed E-state index contributed by atoms with van der Waals surface area (Å²) in [7, 11) is 0. The molecule has 0 atom stereocenters. The Kier molecular flexibility index (Phi) is 5.14. The van der Waals surface area contributed by atoms with Gasteiger partial charge in [0.1, 0.15) is 0 Å². The number of benzene rings is 1. The van der Waals surface area contributed by atoms with E-state index < -0.39 is 0 Å². The molecule has 1 aromatic heterocycles. The van der Waals surface area contributed by atoms with Crippen molar-refractivity contribution in [3.63, 3.8) is 0 Å². The molecule has 0 spiro atoms. The lowest BCUT2D eigenvalue weighted by Crippen LogP contribution is -2.44. The van der Waals surface area contributed by atoms with Gasteiger partial charge >= 0.3 is 0 Å². The van der Waals surface area contributed by atoms with E-state index in [1.165, 1.54) is 11.1 Å². The van der Waals surface area contributed by atoms with E-state index in [1.807, 2.05) is 17.0 Å². The Balaban J connectivity index is 1.81. The molecule has 1 amide bonds. The highest BCUT2D eigenvalue weighted by atomic mass is 16.2. The van der Waals surface area contributed by atoms with E-state index in [9.17, 15) is 4.79 Å². The van der Waals surface area contributed by atoms with Gasteiger partial charge in [0.2, 0.25) is 5.91 Å². The molecule has 1 aliphatic heterocycles. The van der Waals surface area contributed by atoms with Gasteiger partial charge in [-0.05, 0) is 31.0 Å². The molecule has 4 heteroatoms. The Bertz CT molecular complexity index is 696. The van der Waals surface area contributed by atoms with Gasteiger partial charge in [0.05, 0.1) is 5.69 Å². The average Bonchev–Trinajstić information content (AvgIpc) is 2.62. The summed E-state index contributed by atoms with van der Waals surface area (Å²) in [5.74, 6) is 1.12. The summed E-state index contributed by atoms with van der Waals surface area (Å²) in [6, 6.07) is 12.5. The van der Waals surface area contributed by atoms with Gasteiger partial charge in [0.25, 0.3) is 0 Å². The molecule has 0 radical (unpaired) electrons. The van der Waals surface area contributed by atoms with E-state index in [0.29, 0.717) is 6.42 Å². The summed E-state index contributed by atoms with van der Waals surface area (Å²) in [5.41, 5.74) is 3.48. The molecule has 0 N–H and O–H groups in total. The van der Waals surface area contributed by atoms with Crippen LogP contribution in [-0.2, 0) is 11.3 Å². The summed E-state index contributed by atoms with van der Waals surface area (Å²) in [5, 5.41) is 0. The second-order valence-electron chi connectivity index (χ2n) is 6.40. The number of carbonyl (C=O) groups excluding carboxylic acids is 1. The van der Waals surface area contributed by atoms with Gasteiger partial charge in [0, 0.05) is 32.3 Å². The Hall–Kier alpha value is -2.36. The molecule has 0 saturated heterocycles. The highest BCUT2D eigenvalue weighted by Crippen LogP contribution is 2.32. The van der Waals surface area contributed by atoms with Gasteiger partial charge < -0.3 is 9.80 Å². The molecule has 2 heterocycles. The fraction of sp³-hybridized carbons (Fsp3) is 0.400. The van der Waals surface area contributed by atoms with Gasteiger partial charge in [0.15, 0.2) is 5.82 Å². The van der Waals surface area contributed by atoms with Crippen LogP contribution in [0.3, 0.4) is 0 Å². The maximum absolute atomic E-state index is 12.5. The summed E-state index contributed by atoms with van der Waals surface area (Å²) in [6.45, 7) is 6.58. The predicted octanol–water partition coefficient (Wildman–Crippen LogP) is 3.93. The Morgan fingerprint density at radius 3 is 2.71 bits per heavy atom. The van der Waals surface area contributed by atoms with Gasteiger partial charge in [-0.15, -0.1) is 0 Å². The number of pyridine rings is 1. The van der Waals surface area contributed by atoms with Crippen molar-refractivity contribution in [3.05, 3.63) is 53.7 Å². The largest absolute Gasteiger partial charge is 0.349 e. The minimum atomic E-state index is 0.209. The average molecular weight is 323 g/mol. The third-order valence-electron chi connectivity index (χ3n) is 4.49. The number of hydrogen-bond acceptors (Lipinski definition) is 3. The van der Waals surface area contributed by atoms with Crippen LogP contribution in [0, 0.1) is 6.92 Å². The van der Waals surface area contributed by atoms with Gasteiger partial charge in [-0.2, -0.15) is 0 Å². The Morgan fingerprint density at radius 1 is 1.17 bits per heavy atom. The lowest BCUT2D eigenvalue weighted by molar-refractivity contribution is -0.118. The van der Waals surface area contributed by atoms with E-state index in [1.54, 1.807) is 6.20 Å². The van der Waals surface area contributed by atoms with Crippen molar-refractivity contribution in [1.82, 2.24) is 4.98 Å². The molecular weight excluding hydrogens is 298 g/mol. The molecule has 0 unspecified atom stereocenters. The van der Waals surface area contributed by atoms with Crippen molar-refractivity contribution < 1.29 is 4.79 Å². The Labute approximate surface area is 144 Å². The van der Waals surface area contributed by atoms with Crippen molar-refractivity contribution in [2.24, 2.45) is 0 Å². The molecule has 2 aromatic rings. The Morgan fingerprint density at radius 2 is 1.96 bits per heavy atom. The zero-order valence-corrected chi connectivity index (χ0v) is 14.5. The number of hydrogen-bond donors (Lipinski definition) is 0. The van der Waals surface area contributed by atoms with Crippen molar-refractivity contribution in [2.75, 3.05) is 22.9 Å². The van der Waals surface area contributed by atoms with E-state index in [-0.39, 0.29) is 5.91 Å². The first kappa shape index (κ1) is 16.5. The van der Waals surface area contributed by atoms with Crippen LogP contribution in [0.4, 0.5) is 11.5 Å². The fourth-order valence-corrected chi connectivity index (χ4v) is 3.08. The number of rotatable bonds is 5. The fourth-order valence-electron chi connectivity index (χ4n) is 3.08. The number of aromatic nitrogens is 1. The van der Waals surface area contributed by atoms with Gasteiger partial charge in [-0.3, -0.25) is 4.79 Å². The van der Waals surface area contributed by atoms with Crippen LogP contribution in [0.5, 0.6) is 0 Å². The first-order chi connectivity index (χ1) is 11.7. The van der Waals surface area contributed by atoms with E-state index in [2.05, 4.69) is 48.0 Å². The van der Waals surface area contributed by atoms with Crippen LogP contribution in [0.2, 0.25) is 0 Å². The molecule has 0 bridgehead atoms. The summed E-state index contributed by atoms with van der Waals surface area (Å²) in [6.07, 6.45) is 4.40. The lowest BCUT2D eigenvalue weighted by atomic mass is 10.1. The number of fused-ring (bicyclic) bond motifs is 1. The van der Waals surface area contributed by atoms with Crippen LogP contribution in [0.1, 0.15) is 37.3 Å². The summed E-state index contributed by atoms with van der Waals surface area (Å²) >= 11 is 0. The van der Waals surface area contributed by atoms with Crippen molar-refractivity contribution in [2.45, 2.75) is 39.7 Å². The highest BCUT2D eigenvalue weighted by Gasteiger charge is 2.27. The molecule has 3 rings (SSSR count). The topological polar surface area (TPSA) is 36.4 Å². The summed E-state index contributed by atoms with van der Waals surface area (Å²) < 4.78 is 0. The quantitative estimate of drug-likeness (QED) is 0.836. The molecule has 24 heavy (non-hydrogen) atoms. The molecule has 0 fully saturated rings. The van der Waals surface area contributed by atoms with Crippen molar-refractivity contribution in [1.29, 1.82) is 0 Å². The SMILES string of the molecule is CCCCC(=O)N1CCN(Cc2ccc(C)cc2)c2ncccc21. The van der Waals surface area contributed by atoms with E-state index >= 15 is 0 Å². The highest BCUT2D eigenvalue weighted by molar-refractivity contribution is 5.97. The number of anilines is 2. The minimum absolute atomic E-state index is 0.209. The number of aryl methyl sites for hydroxylation is 1. The number of amides is 1.